The number of nitrogens with one attached hydrogen (secondary N) is 1. The summed E-state index contributed by atoms with van der Waals surface area (Å²) in [5.41, 5.74) is 0. The smallest absolute Gasteiger partial charge is 0.310 e. The van der Waals surface area contributed by atoms with E-state index in [1.807, 2.05) is 0 Å². The zero-order valence-electron chi connectivity index (χ0n) is 11.3. The molecule has 8 nitrogen and oxygen atoms in total. The zero-order chi connectivity index (χ0) is 14.7. The highest BCUT2D eigenvalue weighted by molar-refractivity contribution is 5.91. The van der Waals surface area contributed by atoms with Gasteiger partial charge < -0.3 is 19.7 Å². The van der Waals surface area contributed by atoms with Gasteiger partial charge in [0.05, 0.1) is 25.7 Å². The van der Waals surface area contributed by atoms with E-state index in [1.54, 1.807) is 24.9 Å². The lowest BCUT2D eigenvalue weighted by molar-refractivity contribution is -0.143. The lowest BCUT2D eigenvalue weighted by Gasteiger charge is -2.25. The van der Waals surface area contributed by atoms with Crippen LogP contribution in [0, 0.1) is 12.8 Å². The lowest BCUT2D eigenvalue weighted by Crippen LogP contribution is -2.44. The first-order valence-corrected chi connectivity index (χ1v) is 6.21. The molecule has 8 heteroatoms. The van der Waals surface area contributed by atoms with Crippen LogP contribution in [0.1, 0.15) is 5.76 Å². The third-order valence-corrected chi connectivity index (χ3v) is 3.22. The van der Waals surface area contributed by atoms with E-state index in [9.17, 15) is 9.59 Å². The van der Waals surface area contributed by atoms with E-state index in [4.69, 9.17) is 14.4 Å². The highest BCUT2D eigenvalue weighted by atomic mass is 16.5. The number of hydrogen-bond acceptors (Lipinski definition) is 6. The van der Waals surface area contributed by atoms with Crippen molar-refractivity contribution < 1.29 is 24.0 Å². The van der Waals surface area contributed by atoms with Crippen molar-refractivity contribution in [2.75, 3.05) is 32.1 Å². The fourth-order valence-electron chi connectivity index (χ4n) is 2.16. The average Bonchev–Trinajstić information content (AvgIpc) is 2.97. The fourth-order valence-corrected chi connectivity index (χ4v) is 2.16. The molecule has 110 valence electrons. The van der Waals surface area contributed by atoms with E-state index < -0.39 is 11.9 Å². The van der Waals surface area contributed by atoms with Crippen LogP contribution in [0.4, 0.5) is 5.82 Å². The number of ether oxygens (including phenoxy) is 1. The summed E-state index contributed by atoms with van der Waals surface area (Å²) in [5, 5.41) is 15.3. The molecule has 0 saturated carbocycles. The number of rotatable bonds is 5. The normalized spacial score (nSPS) is 22.1. The molecule has 0 aliphatic carbocycles. The first-order chi connectivity index (χ1) is 9.47. The molecule has 0 bridgehead atoms. The molecule has 20 heavy (non-hydrogen) atoms. The highest BCUT2D eigenvalue weighted by Crippen LogP contribution is 2.18. The number of anilines is 1. The third-order valence-electron chi connectivity index (χ3n) is 3.22. The second-order valence-corrected chi connectivity index (χ2v) is 4.84. The number of aliphatic carboxylic acids is 1. The van der Waals surface area contributed by atoms with Crippen LogP contribution in [-0.4, -0.2) is 59.9 Å². The summed E-state index contributed by atoms with van der Waals surface area (Å²) in [6, 6.07) is 1.30. The molecule has 1 aromatic heterocycles. The van der Waals surface area contributed by atoms with Gasteiger partial charge in [0.25, 0.3) is 0 Å². The number of likely N-dealkylation sites (N-methyl/N-ethyl adjacent to an activating group) is 1. The minimum absolute atomic E-state index is 0.0592. The second kappa shape index (κ2) is 6.02. The number of carboxylic acid groups (broad SMARTS) is 1. The maximum absolute atomic E-state index is 11.8. The number of carbonyl (C=O) groups is 2. The van der Waals surface area contributed by atoms with Crippen LogP contribution in [0.15, 0.2) is 10.6 Å². The van der Waals surface area contributed by atoms with Gasteiger partial charge in [0.2, 0.25) is 5.91 Å². The van der Waals surface area contributed by atoms with Crippen molar-refractivity contribution in [1.29, 1.82) is 0 Å². The van der Waals surface area contributed by atoms with Crippen LogP contribution in [0.3, 0.4) is 0 Å². The minimum atomic E-state index is -0.910. The molecule has 2 heterocycles. The van der Waals surface area contributed by atoms with Gasteiger partial charge in [0.15, 0.2) is 5.82 Å². The Labute approximate surface area is 115 Å². The van der Waals surface area contributed by atoms with Crippen molar-refractivity contribution in [1.82, 2.24) is 10.1 Å². The lowest BCUT2D eigenvalue weighted by atomic mass is 10.0. The minimum Gasteiger partial charge on any atom is -0.481 e. The molecule has 2 rings (SSSR count). The topological polar surface area (TPSA) is 105 Å². The van der Waals surface area contributed by atoms with Gasteiger partial charge in [-0.05, 0) is 14.0 Å². The Bertz CT molecular complexity index is 501. The molecular weight excluding hydrogens is 266 g/mol. The van der Waals surface area contributed by atoms with Crippen molar-refractivity contribution in [2.45, 2.75) is 13.0 Å². The number of aryl methyl sites for hydroxylation is 1. The van der Waals surface area contributed by atoms with Gasteiger partial charge >= 0.3 is 5.97 Å². The summed E-state index contributed by atoms with van der Waals surface area (Å²) in [5.74, 6) is -0.854. The van der Waals surface area contributed by atoms with E-state index in [-0.39, 0.29) is 25.1 Å². The number of carbonyl (C=O) groups excluding carboxylic acids is 1. The third kappa shape index (κ3) is 3.34. The molecule has 2 atom stereocenters. The van der Waals surface area contributed by atoms with Crippen LogP contribution in [-0.2, 0) is 14.3 Å². The van der Waals surface area contributed by atoms with Crippen molar-refractivity contribution in [2.24, 2.45) is 5.92 Å². The van der Waals surface area contributed by atoms with E-state index in [0.29, 0.717) is 18.2 Å². The summed E-state index contributed by atoms with van der Waals surface area (Å²) in [6.45, 7) is 2.27. The molecule has 1 amide bonds. The van der Waals surface area contributed by atoms with Gasteiger partial charge in [-0.1, -0.05) is 5.16 Å². The van der Waals surface area contributed by atoms with Gasteiger partial charge in [-0.15, -0.1) is 0 Å². The fraction of sp³-hybridized carbons (Fsp3) is 0.583. The van der Waals surface area contributed by atoms with Crippen molar-refractivity contribution >= 4 is 17.7 Å². The summed E-state index contributed by atoms with van der Waals surface area (Å²) in [4.78, 5) is 24.6. The van der Waals surface area contributed by atoms with Crippen LogP contribution < -0.4 is 5.32 Å². The van der Waals surface area contributed by atoms with Gasteiger partial charge in [-0.25, -0.2) is 0 Å². The number of nitrogens with zero attached hydrogens (tertiary/aromatic N) is 2. The maximum atomic E-state index is 11.8. The quantitative estimate of drug-likeness (QED) is 0.780. The van der Waals surface area contributed by atoms with Crippen molar-refractivity contribution in [3.05, 3.63) is 11.8 Å². The van der Waals surface area contributed by atoms with Crippen molar-refractivity contribution in [3.8, 4) is 0 Å². The van der Waals surface area contributed by atoms with E-state index in [2.05, 4.69) is 10.5 Å². The van der Waals surface area contributed by atoms with Crippen LogP contribution in [0.25, 0.3) is 0 Å². The number of aromatic nitrogens is 1. The molecule has 1 aromatic rings. The Morgan fingerprint density at radius 1 is 1.55 bits per heavy atom. The molecule has 0 aromatic carbocycles. The number of hydrogen-bond donors (Lipinski definition) is 2. The summed E-state index contributed by atoms with van der Waals surface area (Å²) >= 11 is 0. The molecule has 1 saturated heterocycles. The highest BCUT2D eigenvalue weighted by Gasteiger charge is 2.37. The maximum Gasteiger partial charge on any atom is 0.310 e. The van der Waals surface area contributed by atoms with Crippen LogP contribution >= 0.6 is 0 Å². The van der Waals surface area contributed by atoms with Gasteiger partial charge in [0.1, 0.15) is 5.76 Å². The van der Waals surface area contributed by atoms with Gasteiger partial charge in [-0.3, -0.25) is 14.5 Å². The van der Waals surface area contributed by atoms with Crippen molar-refractivity contribution in [3.63, 3.8) is 0 Å². The molecule has 2 unspecified atom stereocenters. The number of amides is 1. The van der Waals surface area contributed by atoms with E-state index in [0.717, 1.165) is 0 Å². The zero-order valence-corrected chi connectivity index (χ0v) is 11.3. The molecule has 1 aliphatic heterocycles. The SMILES string of the molecule is Cc1cc(NC(=O)CN(C)C2COCC2C(=O)O)no1. The standard InChI is InChI=1S/C12H17N3O5/c1-7-3-10(14-20-7)13-11(16)4-15(2)9-6-19-5-8(9)12(17)18/h3,8-9H,4-6H2,1-2H3,(H,17,18)(H,13,14,16). The van der Waals surface area contributed by atoms with E-state index >= 15 is 0 Å². The Kier molecular flexibility index (Phi) is 4.35. The van der Waals surface area contributed by atoms with Gasteiger partial charge in [-0.2, -0.15) is 0 Å². The molecule has 1 aliphatic rings. The first kappa shape index (κ1) is 14.5. The summed E-state index contributed by atoms with van der Waals surface area (Å²) < 4.78 is 10.0. The molecular formula is C12H17N3O5. The van der Waals surface area contributed by atoms with Crippen LogP contribution in [0.5, 0.6) is 0 Å². The van der Waals surface area contributed by atoms with Crippen LogP contribution in [0.2, 0.25) is 0 Å². The first-order valence-electron chi connectivity index (χ1n) is 6.21. The molecule has 0 spiro atoms. The summed E-state index contributed by atoms with van der Waals surface area (Å²) in [6.07, 6.45) is 0. The van der Waals surface area contributed by atoms with E-state index in [1.165, 1.54) is 0 Å². The number of carboxylic acids is 1. The Hall–Kier alpha value is -1.93. The Morgan fingerprint density at radius 2 is 2.30 bits per heavy atom. The Balaban J connectivity index is 1.88. The Morgan fingerprint density at radius 3 is 2.90 bits per heavy atom. The van der Waals surface area contributed by atoms with Gasteiger partial charge in [0, 0.05) is 12.1 Å². The molecule has 2 N–H and O–H groups in total. The molecule has 1 fully saturated rings. The largest absolute Gasteiger partial charge is 0.481 e. The predicted molar refractivity (Wildman–Crippen MR) is 68.2 cm³/mol. The second-order valence-electron chi connectivity index (χ2n) is 4.84. The average molecular weight is 283 g/mol. The summed E-state index contributed by atoms with van der Waals surface area (Å²) in [7, 11) is 1.70. The monoisotopic (exact) mass is 283 g/mol. The predicted octanol–water partition coefficient (Wildman–Crippen LogP) is -0.0471. The molecule has 0 radical (unpaired) electrons.